The van der Waals surface area contributed by atoms with Gasteiger partial charge in [0.05, 0.1) is 12.1 Å². The van der Waals surface area contributed by atoms with Crippen LogP contribution in [0.15, 0.2) is 54.6 Å². The van der Waals surface area contributed by atoms with Gasteiger partial charge in [-0.2, -0.15) is 0 Å². The third kappa shape index (κ3) is 1.92. The Morgan fingerprint density at radius 3 is 2.47 bits per heavy atom. The molecule has 0 fully saturated rings. The van der Waals surface area contributed by atoms with E-state index in [1.54, 1.807) is 0 Å². The third-order valence-corrected chi connectivity index (χ3v) is 3.32. The predicted molar refractivity (Wildman–Crippen MR) is 69.0 cm³/mol. The van der Waals surface area contributed by atoms with Crippen LogP contribution in [0.1, 0.15) is 17.2 Å². The Morgan fingerprint density at radius 2 is 1.71 bits per heavy atom. The molecule has 3 rings (SSSR count). The predicted octanol–water partition coefficient (Wildman–Crippen LogP) is 2.76. The fraction of sp³-hybridized carbons (Fsp3) is 0.200. The molecule has 2 heteroatoms. The maximum absolute atomic E-state index is 10.3. The Labute approximate surface area is 101 Å². The van der Waals surface area contributed by atoms with Gasteiger partial charge in [-0.05, 0) is 23.6 Å². The molecule has 0 radical (unpaired) electrons. The number of nitrogens with one attached hydrogen (secondary N) is 1. The Morgan fingerprint density at radius 1 is 1.00 bits per heavy atom. The normalized spacial score (nSPS) is 19.5. The number of para-hydroxylation sites is 1. The molecule has 17 heavy (non-hydrogen) atoms. The molecule has 2 aromatic rings. The molecule has 2 N–H and O–H groups in total. The fourth-order valence-electron chi connectivity index (χ4n) is 2.40. The average Bonchev–Trinajstić information content (AvgIpc) is 2.82. The van der Waals surface area contributed by atoms with Crippen LogP contribution in [0.4, 0.5) is 5.69 Å². The van der Waals surface area contributed by atoms with Gasteiger partial charge in [-0.15, -0.1) is 0 Å². The first kappa shape index (κ1) is 10.4. The van der Waals surface area contributed by atoms with E-state index in [0.29, 0.717) is 0 Å². The van der Waals surface area contributed by atoms with Crippen LogP contribution >= 0.6 is 0 Å². The van der Waals surface area contributed by atoms with E-state index >= 15 is 0 Å². The van der Waals surface area contributed by atoms with Crippen LogP contribution in [0.2, 0.25) is 0 Å². The Kier molecular flexibility index (Phi) is 2.57. The summed E-state index contributed by atoms with van der Waals surface area (Å²) in [4.78, 5) is 0. The highest BCUT2D eigenvalue weighted by molar-refractivity contribution is 5.57. The highest BCUT2D eigenvalue weighted by Gasteiger charge is 2.27. The Hall–Kier alpha value is -1.80. The largest absolute Gasteiger partial charge is 0.386 e. The van der Waals surface area contributed by atoms with E-state index in [1.165, 1.54) is 5.56 Å². The molecule has 0 saturated carbocycles. The SMILES string of the molecule is O[C@@H](c1ccccc1)[C@@H]1Cc2ccccc2N1. The number of rotatable bonds is 2. The molecule has 0 aromatic heterocycles. The third-order valence-electron chi connectivity index (χ3n) is 3.32. The second-order valence-corrected chi connectivity index (χ2v) is 4.47. The number of aliphatic hydroxyl groups excluding tert-OH is 1. The molecule has 0 amide bonds. The summed E-state index contributed by atoms with van der Waals surface area (Å²) in [7, 11) is 0. The van der Waals surface area contributed by atoms with Crippen LogP contribution in [0.25, 0.3) is 0 Å². The minimum Gasteiger partial charge on any atom is -0.386 e. The summed E-state index contributed by atoms with van der Waals surface area (Å²) in [5, 5.41) is 13.7. The summed E-state index contributed by atoms with van der Waals surface area (Å²) in [6.07, 6.45) is 0.426. The van der Waals surface area contributed by atoms with Crippen molar-refractivity contribution in [3.05, 3.63) is 65.7 Å². The lowest BCUT2D eigenvalue weighted by Crippen LogP contribution is -2.24. The minimum absolute atomic E-state index is 0.0785. The van der Waals surface area contributed by atoms with Gasteiger partial charge in [0.2, 0.25) is 0 Å². The molecule has 2 aromatic carbocycles. The van der Waals surface area contributed by atoms with Crippen molar-refractivity contribution in [3.8, 4) is 0 Å². The lowest BCUT2D eigenvalue weighted by atomic mass is 9.99. The lowest BCUT2D eigenvalue weighted by Gasteiger charge is -2.19. The molecule has 0 spiro atoms. The number of hydrogen-bond donors (Lipinski definition) is 2. The molecule has 0 saturated heterocycles. The van der Waals surface area contributed by atoms with Gasteiger partial charge in [-0.3, -0.25) is 0 Å². The van der Waals surface area contributed by atoms with Crippen LogP contribution < -0.4 is 5.32 Å². The van der Waals surface area contributed by atoms with Crippen molar-refractivity contribution in [3.63, 3.8) is 0 Å². The van der Waals surface area contributed by atoms with Gasteiger partial charge in [-0.25, -0.2) is 0 Å². The molecule has 1 aliphatic heterocycles. The van der Waals surface area contributed by atoms with E-state index in [0.717, 1.165) is 17.7 Å². The van der Waals surface area contributed by atoms with Gasteiger partial charge in [0.25, 0.3) is 0 Å². The highest BCUT2D eigenvalue weighted by atomic mass is 16.3. The zero-order valence-electron chi connectivity index (χ0n) is 9.51. The molecule has 2 nitrogen and oxygen atoms in total. The van der Waals surface area contributed by atoms with Gasteiger partial charge < -0.3 is 10.4 Å². The Bertz CT molecular complexity index is 484. The molecule has 0 aliphatic carbocycles. The summed E-state index contributed by atoms with van der Waals surface area (Å²) < 4.78 is 0. The van der Waals surface area contributed by atoms with Crippen molar-refractivity contribution >= 4 is 5.69 Å². The minimum atomic E-state index is -0.455. The molecule has 0 bridgehead atoms. The van der Waals surface area contributed by atoms with E-state index < -0.39 is 6.10 Å². The second-order valence-electron chi connectivity index (χ2n) is 4.47. The molecular formula is C15H15NO. The maximum atomic E-state index is 10.3. The van der Waals surface area contributed by atoms with Gasteiger partial charge >= 0.3 is 0 Å². The van der Waals surface area contributed by atoms with E-state index in [-0.39, 0.29) is 6.04 Å². The summed E-state index contributed by atoms with van der Waals surface area (Å²) >= 11 is 0. The van der Waals surface area contributed by atoms with Gasteiger partial charge in [0, 0.05) is 5.69 Å². The molecular weight excluding hydrogens is 210 g/mol. The number of fused-ring (bicyclic) bond motifs is 1. The Balaban J connectivity index is 1.81. The average molecular weight is 225 g/mol. The van der Waals surface area contributed by atoms with E-state index in [2.05, 4.69) is 17.4 Å². The molecule has 0 unspecified atom stereocenters. The van der Waals surface area contributed by atoms with Crippen LogP contribution in [0.3, 0.4) is 0 Å². The summed E-state index contributed by atoms with van der Waals surface area (Å²) in [5.74, 6) is 0. The van der Waals surface area contributed by atoms with Crippen LogP contribution in [0, 0.1) is 0 Å². The number of benzene rings is 2. The number of hydrogen-bond acceptors (Lipinski definition) is 2. The van der Waals surface area contributed by atoms with Crippen molar-refractivity contribution in [2.24, 2.45) is 0 Å². The van der Waals surface area contributed by atoms with Crippen molar-refractivity contribution in [1.29, 1.82) is 0 Å². The molecule has 86 valence electrons. The first-order valence-corrected chi connectivity index (χ1v) is 5.92. The monoisotopic (exact) mass is 225 g/mol. The summed E-state index contributed by atoms with van der Waals surface area (Å²) in [6, 6.07) is 18.1. The molecule has 1 aliphatic rings. The van der Waals surface area contributed by atoms with Crippen molar-refractivity contribution in [1.82, 2.24) is 0 Å². The van der Waals surface area contributed by atoms with Crippen LogP contribution in [0.5, 0.6) is 0 Å². The highest BCUT2D eigenvalue weighted by Crippen LogP contribution is 2.31. The van der Waals surface area contributed by atoms with Gasteiger partial charge in [0.15, 0.2) is 0 Å². The van der Waals surface area contributed by atoms with Gasteiger partial charge in [-0.1, -0.05) is 48.5 Å². The second kappa shape index (κ2) is 4.22. The van der Waals surface area contributed by atoms with Crippen LogP contribution in [-0.2, 0) is 6.42 Å². The van der Waals surface area contributed by atoms with Crippen molar-refractivity contribution < 1.29 is 5.11 Å². The topological polar surface area (TPSA) is 32.3 Å². The van der Waals surface area contributed by atoms with Gasteiger partial charge in [0.1, 0.15) is 0 Å². The zero-order valence-corrected chi connectivity index (χ0v) is 9.51. The zero-order chi connectivity index (χ0) is 11.7. The molecule has 2 atom stereocenters. The quantitative estimate of drug-likeness (QED) is 0.823. The van der Waals surface area contributed by atoms with Crippen LogP contribution in [-0.4, -0.2) is 11.1 Å². The number of anilines is 1. The maximum Gasteiger partial charge on any atom is 0.0994 e. The summed E-state index contributed by atoms with van der Waals surface area (Å²) in [5.41, 5.74) is 3.40. The van der Waals surface area contributed by atoms with Crippen molar-refractivity contribution in [2.45, 2.75) is 18.6 Å². The van der Waals surface area contributed by atoms with Crippen molar-refractivity contribution in [2.75, 3.05) is 5.32 Å². The molecule has 1 heterocycles. The van der Waals surface area contributed by atoms with E-state index in [1.807, 2.05) is 42.5 Å². The van der Waals surface area contributed by atoms with E-state index in [9.17, 15) is 5.11 Å². The standard InChI is InChI=1S/C15H15NO/c17-15(11-6-2-1-3-7-11)14-10-12-8-4-5-9-13(12)16-14/h1-9,14-17H,10H2/t14-,15-/m0/s1. The summed E-state index contributed by atoms with van der Waals surface area (Å²) in [6.45, 7) is 0. The first-order chi connectivity index (χ1) is 8.34. The van der Waals surface area contributed by atoms with E-state index in [4.69, 9.17) is 0 Å². The first-order valence-electron chi connectivity index (χ1n) is 5.92. The fourth-order valence-corrected chi connectivity index (χ4v) is 2.40. The smallest absolute Gasteiger partial charge is 0.0994 e. The number of aliphatic hydroxyl groups is 1. The lowest BCUT2D eigenvalue weighted by molar-refractivity contribution is 0.156.